The van der Waals surface area contributed by atoms with Gasteiger partial charge in [-0.15, -0.1) is 4.72 Å². The number of nitrogens with zero attached hydrogens (tertiary/aromatic N) is 1. The molecule has 0 fully saturated rings. The molecule has 1 aromatic rings. The number of rotatable bonds is 6. The quantitative estimate of drug-likeness (QED) is 0.400. The highest BCUT2D eigenvalue weighted by Crippen LogP contribution is 2.32. The first-order valence-electron chi connectivity index (χ1n) is 8.00. The molecule has 0 aromatic carbocycles. The Balaban J connectivity index is 3.38. The molecule has 0 unspecified atom stereocenters. The fraction of sp³-hybridized carbons (Fsp3) is 0.647. The Hall–Kier alpha value is -0.770. The number of esters is 1. The molecule has 5 nitrogen and oxygen atoms in total. The summed E-state index contributed by atoms with van der Waals surface area (Å²) in [5, 5.41) is 0. The van der Waals surface area contributed by atoms with Crippen molar-refractivity contribution in [1.29, 1.82) is 0 Å². The largest absolute Gasteiger partial charge is 0.598 e. The lowest BCUT2D eigenvalue weighted by molar-refractivity contribution is -0.156. The van der Waals surface area contributed by atoms with Crippen molar-refractivity contribution in [1.82, 2.24) is 9.71 Å². The van der Waals surface area contributed by atoms with Gasteiger partial charge in [-0.2, -0.15) is 0 Å². The second kappa shape index (κ2) is 8.50. The van der Waals surface area contributed by atoms with Crippen molar-refractivity contribution < 1.29 is 22.9 Å². The number of carbonyl (C=O) groups excluding carboxylic acids is 1. The molecule has 1 aromatic heterocycles. The first kappa shape index (κ1) is 23.3. The average Bonchev–Trinajstić information content (AvgIpc) is 2.46. The summed E-state index contributed by atoms with van der Waals surface area (Å²) in [5.41, 5.74) is -3.06. The number of halogens is 3. The number of aromatic nitrogens is 1. The van der Waals surface area contributed by atoms with Gasteiger partial charge in [0.25, 0.3) is 0 Å². The molecule has 0 radical (unpaired) electrons. The third-order valence-corrected chi connectivity index (χ3v) is 5.33. The summed E-state index contributed by atoms with van der Waals surface area (Å²) in [7, 11) is 0. The van der Waals surface area contributed by atoms with Gasteiger partial charge in [-0.25, -0.2) is 13.8 Å². The maximum absolute atomic E-state index is 14.4. The van der Waals surface area contributed by atoms with E-state index in [4.69, 9.17) is 4.74 Å². The molecule has 9 heteroatoms. The van der Waals surface area contributed by atoms with Crippen LogP contribution in [0.1, 0.15) is 53.7 Å². The van der Waals surface area contributed by atoms with Crippen molar-refractivity contribution in [2.24, 2.45) is 0 Å². The van der Waals surface area contributed by atoms with Gasteiger partial charge in [-0.3, -0.25) is 4.79 Å². The van der Waals surface area contributed by atoms with Gasteiger partial charge in [0.1, 0.15) is 38.7 Å². The van der Waals surface area contributed by atoms with Crippen LogP contribution in [0.25, 0.3) is 0 Å². The molecule has 0 amide bonds. The van der Waals surface area contributed by atoms with E-state index in [0.717, 1.165) is 6.07 Å². The molecule has 26 heavy (non-hydrogen) atoms. The fourth-order valence-electron chi connectivity index (χ4n) is 2.01. The van der Waals surface area contributed by atoms with E-state index in [0.29, 0.717) is 0 Å². The number of ether oxygens (including phenoxy) is 1. The molecule has 1 N–H and O–H groups in total. The highest BCUT2D eigenvalue weighted by Gasteiger charge is 2.46. The molecule has 148 valence electrons. The Labute approximate surface area is 164 Å². The topological polar surface area (TPSA) is 74.3 Å². The fourth-order valence-corrected chi connectivity index (χ4v) is 3.21. The monoisotopic (exact) mass is 454 g/mol. The van der Waals surface area contributed by atoms with E-state index in [1.165, 1.54) is 6.07 Å². The van der Waals surface area contributed by atoms with Crippen LogP contribution in [0.15, 0.2) is 16.7 Å². The normalized spacial score (nSPS) is 16.1. The number of hydrogen-bond donors (Lipinski definition) is 1. The molecule has 0 saturated heterocycles. The van der Waals surface area contributed by atoms with E-state index in [9.17, 15) is 18.1 Å². The van der Waals surface area contributed by atoms with Gasteiger partial charge in [-0.1, -0.05) is 0 Å². The van der Waals surface area contributed by atoms with Gasteiger partial charge in [0.15, 0.2) is 0 Å². The Morgan fingerprint density at radius 1 is 1.31 bits per heavy atom. The lowest BCUT2D eigenvalue weighted by atomic mass is 9.92. The van der Waals surface area contributed by atoms with E-state index in [2.05, 4.69) is 25.6 Å². The zero-order chi connectivity index (χ0) is 20.3. The lowest BCUT2D eigenvalue weighted by Gasteiger charge is -2.35. The molecular weight excluding hydrogens is 430 g/mol. The van der Waals surface area contributed by atoms with Crippen LogP contribution in [0.3, 0.4) is 0 Å². The second-order valence-corrected chi connectivity index (χ2v) is 10.7. The SMILES string of the molecule is CC(C)(C)OC(=O)C[C@](CF)(N[S@+]([O-])C(C)(C)C)c1nc(Br)ccc1F. The number of carbonyl (C=O) groups is 1. The van der Waals surface area contributed by atoms with Gasteiger partial charge in [-0.05, 0) is 69.6 Å². The zero-order valence-corrected chi connectivity index (χ0v) is 18.2. The number of pyridine rings is 1. The van der Waals surface area contributed by atoms with Crippen LogP contribution in [0, 0.1) is 5.82 Å². The summed E-state index contributed by atoms with van der Waals surface area (Å²) in [6, 6.07) is 2.46. The summed E-state index contributed by atoms with van der Waals surface area (Å²) < 4.78 is 48.6. The molecule has 2 atom stereocenters. The van der Waals surface area contributed by atoms with Gasteiger partial charge < -0.3 is 9.29 Å². The standard InChI is InChI=1S/C17H25BrF2N2O3S/c1-15(2,3)25-13(23)9-17(10-19,22-26(24)16(4,5)6)14-11(20)7-8-12(18)21-14/h7-8,22H,9-10H2,1-6H3/t17-,26-/m1/s1. The van der Waals surface area contributed by atoms with Gasteiger partial charge in [0.05, 0.1) is 6.42 Å². The van der Waals surface area contributed by atoms with Crippen LogP contribution in [-0.4, -0.2) is 32.5 Å². The summed E-state index contributed by atoms with van der Waals surface area (Å²) in [6.07, 6.45) is -0.567. The number of alkyl halides is 1. The van der Waals surface area contributed by atoms with E-state index >= 15 is 0 Å². The number of hydrogen-bond acceptors (Lipinski definition) is 5. The van der Waals surface area contributed by atoms with Crippen LogP contribution in [-0.2, 0) is 26.4 Å². The smallest absolute Gasteiger partial charge is 0.308 e. The third-order valence-electron chi connectivity index (χ3n) is 3.20. The molecule has 0 aliphatic rings. The highest BCUT2D eigenvalue weighted by atomic mass is 79.9. The third kappa shape index (κ3) is 6.44. The minimum Gasteiger partial charge on any atom is -0.598 e. The zero-order valence-electron chi connectivity index (χ0n) is 15.8. The summed E-state index contributed by atoms with van der Waals surface area (Å²) in [4.78, 5) is 16.3. The molecule has 1 heterocycles. The molecule has 0 aliphatic carbocycles. The van der Waals surface area contributed by atoms with E-state index in [-0.39, 0.29) is 10.3 Å². The van der Waals surface area contributed by atoms with E-state index < -0.39 is 52.1 Å². The van der Waals surface area contributed by atoms with Crippen LogP contribution in [0.4, 0.5) is 8.78 Å². The van der Waals surface area contributed by atoms with Crippen molar-refractivity contribution in [2.75, 3.05) is 6.67 Å². The summed E-state index contributed by atoms with van der Waals surface area (Å²) >= 11 is 1.34. The van der Waals surface area contributed by atoms with E-state index in [1.54, 1.807) is 41.5 Å². The predicted molar refractivity (Wildman–Crippen MR) is 101 cm³/mol. The summed E-state index contributed by atoms with van der Waals surface area (Å²) in [5.74, 6) is -1.57. The molecule has 1 rings (SSSR count). The van der Waals surface area contributed by atoms with E-state index in [1.807, 2.05) is 0 Å². The van der Waals surface area contributed by atoms with Crippen LogP contribution in [0.2, 0.25) is 0 Å². The Kier molecular flexibility index (Phi) is 7.60. The minimum absolute atomic E-state index is 0.263. The summed E-state index contributed by atoms with van der Waals surface area (Å²) in [6.45, 7) is 8.84. The van der Waals surface area contributed by atoms with Gasteiger partial charge >= 0.3 is 5.97 Å². The molecule has 0 aliphatic heterocycles. The van der Waals surface area contributed by atoms with Gasteiger partial charge in [0.2, 0.25) is 0 Å². The maximum atomic E-state index is 14.4. The molecular formula is C17H25BrF2N2O3S. The minimum atomic E-state index is -1.92. The molecule has 0 bridgehead atoms. The van der Waals surface area contributed by atoms with Gasteiger partial charge in [0, 0.05) is 11.4 Å². The highest BCUT2D eigenvalue weighted by molar-refractivity contribution is 9.10. The average molecular weight is 455 g/mol. The maximum Gasteiger partial charge on any atom is 0.308 e. The Morgan fingerprint density at radius 3 is 2.35 bits per heavy atom. The van der Waals surface area contributed by atoms with Crippen molar-refractivity contribution in [3.63, 3.8) is 0 Å². The first-order chi connectivity index (χ1) is 11.7. The van der Waals surface area contributed by atoms with Crippen molar-refractivity contribution in [3.05, 3.63) is 28.2 Å². The van der Waals surface area contributed by atoms with Crippen molar-refractivity contribution in [2.45, 2.75) is 63.9 Å². The predicted octanol–water partition coefficient (Wildman–Crippen LogP) is 3.93. The van der Waals surface area contributed by atoms with Crippen LogP contribution < -0.4 is 4.72 Å². The number of nitrogens with one attached hydrogen (secondary N) is 1. The molecule has 0 saturated carbocycles. The first-order valence-corrected chi connectivity index (χ1v) is 9.94. The van der Waals surface area contributed by atoms with Crippen LogP contribution >= 0.6 is 15.9 Å². The molecule has 0 spiro atoms. The van der Waals surface area contributed by atoms with Crippen LogP contribution in [0.5, 0.6) is 0 Å². The van der Waals surface area contributed by atoms with Crippen molar-refractivity contribution in [3.8, 4) is 0 Å². The lowest BCUT2D eigenvalue weighted by Crippen LogP contribution is -2.55. The van der Waals surface area contributed by atoms with Crippen molar-refractivity contribution >= 4 is 33.3 Å². The Morgan fingerprint density at radius 2 is 1.88 bits per heavy atom. The Bertz CT molecular complexity index is 650. The second-order valence-electron chi connectivity index (χ2n) is 7.93.